The molecule has 0 aliphatic carbocycles. The van der Waals surface area contributed by atoms with Crippen molar-refractivity contribution in [3.8, 4) is 0 Å². The van der Waals surface area contributed by atoms with Crippen LogP contribution in [0, 0.1) is 0 Å². The Hall–Kier alpha value is -2.97. The minimum absolute atomic E-state index is 0.00798. The van der Waals surface area contributed by atoms with Crippen molar-refractivity contribution in [2.24, 2.45) is 0 Å². The molecule has 162 valence electrons. The minimum Gasteiger partial charge on any atom is -0.370 e. The monoisotopic (exact) mass is 421 g/mol. The number of carbonyl (C=O) groups is 2. The molecule has 0 radical (unpaired) electrons. The van der Waals surface area contributed by atoms with Gasteiger partial charge in [0.1, 0.15) is 0 Å². The Morgan fingerprint density at radius 2 is 1.94 bits per heavy atom. The van der Waals surface area contributed by atoms with Gasteiger partial charge in [0.15, 0.2) is 0 Å². The van der Waals surface area contributed by atoms with Crippen LogP contribution in [0.25, 0.3) is 0 Å². The molecule has 2 saturated heterocycles. The molecule has 1 unspecified atom stereocenters. The van der Waals surface area contributed by atoms with E-state index in [0.29, 0.717) is 44.0 Å². The van der Waals surface area contributed by atoms with Crippen molar-refractivity contribution in [2.45, 2.75) is 31.5 Å². The molecule has 5 rings (SSSR count). The van der Waals surface area contributed by atoms with Gasteiger partial charge in [-0.25, -0.2) is 4.79 Å². The summed E-state index contributed by atoms with van der Waals surface area (Å²) in [6.07, 6.45) is 5.60. The Bertz CT molecular complexity index is 941. The van der Waals surface area contributed by atoms with E-state index >= 15 is 0 Å². The lowest BCUT2D eigenvalue weighted by Gasteiger charge is -2.45. The zero-order valence-corrected chi connectivity index (χ0v) is 17.5. The predicted molar refractivity (Wildman–Crippen MR) is 116 cm³/mol. The van der Waals surface area contributed by atoms with Crippen LogP contribution in [0.1, 0.15) is 34.3 Å². The second kappa shape index (κ2) is 8.28. The highest BCUT2D eigenvalue weighted by Crippen LogP contribution is 2.27. The molecule has 1 aromatic heterocycles. The van der Waals surface area contributed by atoms with Crippen LogP contribution in [0.5, 0.6) is 0 Å². The van der Waals surface area contributed by atoms with Gasteiger partial charge in [-0.1, -0.05) is 0 Å². The van der Waals surface area contributed by atoms with Crippen LogP contribution >= 0.6 is 0 Å². The Kier molecular flexibility index (Phi) is 5.33. The number of rotatable bonds is 2. The van der Waals surface area contributed by atoms with E-state index in [1.807, 2.05) is 17.2 Å². The van der Waals surface area contributed by atoms with Crippen LogP contribution in [-0.2, 0) is 17.8 Å². The van der Waals surface area contributed by atoms with Gasteiger partial charge in [0.25, 0.3) is 5.91 Å². The maximum atomic E-state index is 13.0. The predicted octanol–water partition coefficient (Wildman–Crippen LogP) is 2.22. The van der Waals surface area contributed by atoms with Gasteiger partial charge < -0.3 is 25.2 Å². The Morgan fingerprint density at radius 1 is 1.10 bits per heavy atom. The van der Waals surface area contributed by atoms with Crippen molar-refractivity contribution in [2.75, 3.05) is 38.1 Å². The first-order valence-corrected chi connectivity index (χ1v) is 10.8. The lowest BCUT2D eigenvalue weighted by Crippen LogP contribution is -2.59. The summed E-state index contributed by atoms with van der Waals surface area (Å²) in [7, 11) is 0. The SMILES string of the molecule is O=C(Nc1ccc(C(=O)N2CCOC3(CCCNC3)C2)cc1)N1Cc2ccncc2C1. The number of aromatic nitrogens is 1. The van der Waals surface area contributed by atoms with E-state index in [1.54, 1.807) is 35.4 Å². The second-order valence-electron chi connectivity index (χ2n) is 8.55. The number of urea groups is 1. The smallest absolute Gasteiger partial charge is 0.322 e. The van der Waals surface area contributed by atoms with Gasteiger partial charge in [-0.3, -0.25) is 9.78 Å². The van der Waals surface area contributed by atoms with Crippen molar-refractivity contribution in [1.29, 1.82) is 0 Å². The summed E-state index contributed by atoms with van der Waals surface area (Å²) in [5.41, 5.74) is 3.24. The standard InChI is InChI=1S/C23H27N5O3/c29-21(27-10-11-31-23(16-27)7-1-8-25-15-23)17-2-4-20(5-3-17)26-22(30)28-13-18-6-9-24-12-19(18)14-28/h2-6,9,12,25H,1,7-8,10-11,13-16H2,(H,26,30). The van der Waals surface area contributed by atoms with Gasteiger partial charge in [-0.2, -0.15) is 0 Å². The normalized spacial score (nSPS) is 23.0. The molecule has 4 heterocycles. The number of piperidine rings is 1. The number of benzene rings is 1. The largest absolute Gasteiger partial charge is 0.370 e. The quantitative estimate of drug-likeness (QED) is 0.777. The average Bonchev–Trinajstić information content (AvgIpc) is 3.24. The number of amides is 3. The third-order valence-corrected chi connectivity index (χ3v) is 6.37. The van der Waals surface area contributed by atoms with Crippen molar-refractivity contribution < 1.29 is 14.3 Å². The van der Waals surface area contributed by atoms with Crippen molar-refractivity contribution in [1.82, 2.24) is 20.1 Å². The maximum absolute atomic E-state index is 13.0. The summed E-state index contributed by atoms with van der Waals surface area (Å²) in [6, 6.07) is 8.92. The molecule has 1 atom stereocenters. The molecule has 2 N–H and O–H groups in total. The van der Waals surface area contributed by atoms with Gasteiger partial charge in [-0.15, -0.1) is 0 Å². The van der Waals surface area contributed by atoms with Gasteiger partial charge in [0, 0.05) is 49.8 Å². The van der Waals surface area contributed by atoms with Gasteiger partial charge in [0.05, 0.1) is 18.8 Å². The van der Waals surface area contributed by atoms with Crippen LogP contribution in [0.2, 0.25) is 0 Å². The Balaban J connectivity index is 1.20. The highest BCUT2D eigenvalue weighted by Gasteiger charge is 2.39. The number of fused-ring (bicyclic) bond motifs is 1. The third-order valence-electron chi connectivity index (χ3n) is 6.37. The number of pyridine rings is 1. The fraction of sp³-hybridized carbons (Fsp3) is 0.435. The van der Waals surface area contributed by atoms with E-state index in [0.717, 1.165) is 37.1 Å². The van der Waals surface area contributed by atoms with Crippen molar-refractivity contribution in [3.63, 3.8) is 0 Å². The summed E-state index contributed by atoms with van der Waals surface area (Å²) >= 11 is 0. The third kappa shape index (κ3) is 4.13. The highest BCUT2D eigenvalue weighted by atomic mass is 16.5. The van der Waals surface area contributed by atoms with Gasteiger partial charge in [-0.05, 0) is 60.8 Å². The average molecular weight is 422 g/mol. The van der Waals surface area contributed by atoms with Crippen LogP contribution in [0.4, 0.5) is 10.5 Å². The van der Waals surface area contributed by atoms with E-state index in [2.05, 4.69) is 15.6 Å². The molecule has 0 saturated carbocycles. The molecule has 1 spiro atoms. The van der Waals surface area contributed by atoms with E-state index in [-0.39, 0.29) is 17.5 Å². The molecule has 1 aromatic carbocycles. The molecule has 8 heteroatoms. The van der Waals surface area contributed by atoms with Gasteiger partial charge in [0.2, 0.25) is 0 Å². The molecule has 31 heavy (non-hydrogen) atoms. The molecule has 3 aliphatic heterocycles. The lowest BCUT2D eigenvalue weighted by molar-refractivity contribution is -0.109. The molecule has 8 nitrogen and oxygen atoms in total. The summed E-state index contributed by atoms with van der Waals surface area (Å²) in [5.74, 6) is 0.00798. The van der Waals surface area contributed by atoms with Crippen molar-refractivity contribution in [3.05, 3.63) is 59.4 Å². The van der Waals surface area contributed by atoms with Crippen LogP contribution in [0.3, 0.4) is 0 Å². The number of morpholine rings is 1. The number of anilines is 1. The fourth-order valence-electron chi connectivity index (χ4n) is 4.66. The minimum atomic E-state index is -0.261. The van der Waals surface area contributed by atoms with Crippen molar-refractivity contribution >= 4 is 17.6 Å². The summed E-state index contributed by atoms with van der Waals surface area (Å²) < 4.78 is 6.05. The van der Waals surface area contributed by atoms with Gasteiger partial charge >= 0.3 is 6.03 Å². The van der Waals surface area contributed by atoms with Crippen LogP contribution in [-0.4, -0.2) is 65.1 Å². The van der Waals surface area contributed by atoms with E-state index in [9.17, 15) is 9.59 Å². The number of ether oxygens (including phenoxy) is 1. The first kappa shape index (κ1) is 20.0. The Morgan fingerprint density at radius 3 is 2.71 bits per heavy atom. The molecular formula is C23H27N5O3. The molecule has 0 bridgehead atoms. The van der Waals surface area contributed by atoms with E-state index in [1.165, 1.54) is 0 Å². The van der Waals surface area contributed by atoms with Crippen LogP contribution in [0.15, 0.2) is 42.7 Å². The van der Waals surface area contributed by atoms with E-state index < -0.39 is 0 Å². The second-order valence-corrected chi connectivity index (χ2v) is 8.55. The summed E-state index contributed by atoms with van der Waals surface area (Å²) in [4.78, 5) is 33.4. The number of nitrogens with one attached hydrogen (secondary N) is 2. The molecule has 2 fully saturated rings. The maximum Gasteiger partial charge on any atom is 0.322 e. The zero-order chi connectivity index (χ0) is 21.3. The zero-order valence-electron chi connectivity index (χ0n) is 17.5. The Labute approximate surface area is 181 Å². The number of hydrogen-bond acceptors (Lipinski definition) is 5. The number of hydrogen-bond donors (Lipinski definition) is 2. The summed E-state index contributed by atoms with van der Waals surface area (Å²) in [6.45, 7) is 4.71. The molecule has 3 amide bonds. The van der Waals surface area contributed by atoms with Crippen LogP contribution < -0.4 is 10.6 Å². The fourth-order valence-corrected chi connectivity index (χ4v) is 4.66. The van der Waals surface area contributed by atoms with E-state index in [4.69, 9.17) is 4.74 Å². The summed E-state index contributed by atoms with van der Waals surface area (Å²) in [5, 5.41) is 6.31. The number of carbonyl (C=O) groups excluding carboxylic acids is 2. The molecular weight excluding hydrogens is 394 g/mol. The molecule has 2 aromatic rings. The highest BCUT2D eigenvalue weighted by molar-refractivity contribution is 5.95. The number of nitrogens with zero attached hydrogens (tertiary/aromatic N) is 3. The molecule has 3 aliphatic rings. The first-order chi connectivity index (χ1) is 15.1. The first-order valence-electron chi connectivity index (χ1n) is 10.8. The lowest BCUT2D eigenvalue weighted by atomic mass is 9.92. The topological polar surface area (TPSA) is 86.8 Å².